The molecule has 0 aromatic carbocycles. The maximum atomic E-state index is 14.7. The molecule has 6 rings (SSSR count). The molecule has 6 aliphatic rings. The molecule has 0 spiro atoms. The molecule has 1 saturated heterocycles. The van der Waals surface area contributed by atoms with E-state index in [1.165, 1.54) is 0 Å². The van der Waals surface area contributed by atoms with Crippen molar-refractivity contribution in [2.75, 3.05) is 39.4 Å². The number of nitriles is 1. The zero-order chi connectivity index (χ0) is 32.8. The summed E-state index contributed by atoms with van der Waals surface area (Å²) in [5, 5.41) is 26.3. The molecule has 0 radical (unpaired) electrons. The van der Waals surface area contributed by atoms with Crippen molar-refractivity contribution in [3.8, 4) is 6.07 Å². The summed E-state index contributed by atoms with van der Waals surface area (Å²) < 4.78 is 5.42. The lowest BCUT2D eigenvalue weighted by molar-refractivity contribution is -0.243. The highest BCUT2D eigenvalue weighted by Gasteiger charge is 2.75. The topological polar surface area (TPSA) is 120 Å². The van der Waals surface area contributed by atoms with Crippen LogP contribution in [-0.4, -0.2) is 72.5 Å². The number of allylic oxidation sites excluding steroid dienone is 3. The third kappa shape index (κ3) is 4.43. The Labute approximate surface area is 269 Å². The second-order valence-electron chi connectivity index (χ2n) is 17.3. The summed E-state index contributed by atoms with van der Waals surface area (Å²) in [6.45, 7) is 18.5. The van der Waals surface area contributed by atoms with Gasteiger partial charge in [0.05, 0.1) is 25.3 Å². The number of carbonyl (C=O) groups is 3. The lowest BCUT2D eigenvalue weighted by Gasteiger charge is -2.71. The number of hydrogen-bond donors (Lipinski definition) is 2. The van der Waals surface area contributed by atoms with Crippen molar-refractivity contribution < 1.29 is 24.2 Å². The number of ketones is 2. The maximum absolute atomic E-state index is 14.7. The molecule has 1 amide bonds. The molecule has 8 nitrogen and oxygen atoms in total. The minimum absolute atomic E-state index is 0.0103. The fourth-order valence-electron chi connectivity index (χ4n) is 11.3. The van der Waals surface area contributed by atoms with Gasteiger partial charge in [-0.1, -0.05) is 54.5 Å². The van der Waals surface area contributed by atoms with Crippen molar-refractivity contribution in [2.45, 2.75) is 99.0 Å². The second-order valence-corrected chi connectivity index (χ2v) is 17.3. The highest BCUT2D eigenvalue weighted by molar-refractivity contribution is 6.05. The molecule has 0 unspecified atom stereocenters. The molecule has 45 heavy (non-hydrogen) atoms. The van der Waals surface area contributed by atoms with Gasteiger partial charge in [-0.2, -0.15) is 5.26 Å². The van der Waals surface area contributed by atoms with Gasteiger partial charge in [-0.25, -0.2) is 0 Å². The number of hydrogen-bond acceptors (Lipinski definition) is 7. The summed E-state index contributed by atoms with van der Waals surface area (Å²) >= 11 is 0. The van der Waals surface area contributed by atoms with Crippen molar-refractivity contribution >= 4 is 17.5 Å². The molecule has 8 atom stereocenters. The Bertz CT molecular complexity index is 1420. The van der Waals surface area contributed by atoms with Gasteiger partial charge in [-0.15, -0.1) is 0 Å². The van der Waals surface area contributed by atoms with Crippen LogP contribution in [0.15, 0.2) is 23.3 Å². The van der Waals surface area contributed by atoms with Crippen molar-refractivity contribution in [3.63, 3.8) is 0 Å². The molecule has 2 N–H and O–H groups in total. The van der Waals surface area contributed by atoms with Crippen LogP contribution in [-0.2, 0) is 19.1 Å². The summed E-state index contributed by atoms with van der Waals surface area (Å²) in [4.78, 5) is 43.1. The largest absolute Gasteiger partial charge is 0.381 e. The van der Waals surface area contributed by atoms with E-state index in [9.17, 15) is 24.8 Å². The van der Waals surface area contributed by atoms with Gasteiger partial charge in [0.25, 0.3) is 0 Å². The number of nitrogens with zero attached hydrogens (tertiary/aromatic N) is 2. The fourth-order valence-corrected chi connectivity index (χ4v) is 11.3. The first kappa shape index (κ1) is 32.6. The number of amides is 1. The SMILES string of the molecule is CC1(C)C(=O)C(C#N)=C[C@]2(C)C3=CC(=O)[C@]4(O)[C@@H]5C[C@@](C)(CNC(=O)CN6CCOCC6)CC[C@]5(C)CC[C@@]4(C)[C@]3(C)CC[C@@H]12. The smallest absolute Gasteiger partial charge is 0.234 e. The summed E-state index contributed by atoms with van der Waals surface area (Å²) in [5.74, 6) is -0.618. The Kier molecular flexibility index (Phi) is 7.48. The number of morpholine rings is 1. The average Bonchev–Trinajstić information content (AvgIpc) is 2.99. The lowest BCUT2D eigenvalue weighted by atomic mass is 9.33. The highest BCUT2D eigenvalue weighted by atomic mass is 16.5. The van der Waals surface area contributed by atoms with Crippen LogP contribution in [0.5, 0.6) is 0 Å². The zero-order valence-electron chi connectivity index (χ0n) is 28.5. The van der Waals surface area contributed by atoms with Crippen LogP contribution in [0.2, 0.25) is 0 Å². The van der Waals surface area contributed by atoms with E-state index >= 15 is 0 Å². The van der Waals surface area contributed by atoms with Gasteiger partial charge in [0.15, 0.2) is 11.6 Å². The predicted octanol–water partition coefficient (Wildman–Crippen LogP) is 4.77. The zero-order valence-corrected chi connectivity index (χ0v) is 28.5. The molecular weight excluding hydrogens is 566 g/mol. The Morgan fingerprint density at radius 2 is 1.69 bits per heavy atom. The number of aliphatic hydroxyl groups is 1. The molecular formula is C37H53N3O5. The van der Waals surface area contributed by atoms with Crippen LogP contribution in [0.1, 0.15) is 93.4 Å². The Morgan fingerprint density at radius 1 is 1.02 bits per heavy atom. The third-order valence-corrected chi connectivity index (χ3v) is 14.5. The summed E-state index contributed by atoms with van der Waals surface area (Å²) in [6.07, 6.45) is 9.31. The van der Waals surface area contributed by atoms with Gasteiger partial charge in [0.2, 0.25) is 5.91 Å². The van der Waals surface area contributed by atoms with Crippen molar-refractivity contribution in [1.29, 1.82) is 5.26 Å². The first-order chi connectivity index (χ1) is 20.9. The minimum Gasteiger partial charge on any atom is -0.381 e. The van der Waals surface area contributed by atoms with E-state index < -0.39 is 27.3 Å². The number of ether oxygens (including phenoxy) is 1. The Morgan fingerprint density at radius 3 is 2.36 bits per heavy atom. The predicted molar refractivity (Wildman–Crippen MR) is 171 cm³/mol. The van der Waals surface area contributed by atoms with Gasteiger partial charge in [-0.05, 0) is 78.8 Å². The standard InChI is InChI=1S/C37H53N3O5/c1-31(2)25-8-9-35(6)26(34(25,5)19-24(21-38)30(31)43)18-28(41)37(44)27-20-32(3,10-11-33(27,4)12-13-36(35,37)7)23-39-29(42)22-40-14-16-45-17-15-40/h18-19,25,27,44H,8-17,20,22-23H2,1-7H3,(H,39,42)/t25-,27+,32-,33+,34-,35+,36-,37+/m0/s1. The molecule has 4 fully saturated rings. The molecule has 3 saturated carbocycles. The highest BCUT2D eigenvalue weighted by Crippen LogP contribution is 2.75. The lowest BCUT2D eigenvalue weighted by Crippen LogP contribution is -2.74. The van der Waals surface area contributed by atoms with Crippen molar-refractivity contribution in [2.24, 2.45) is 44.3 Å². The molecule has 1 aliphatic heterocycles. The summed E-state index contributed by atoms with van der Waals surface area (Å²) in [6, 6.07) is 2.17. The fraction of sp³-hybridized carbons (Fsp3) is 0.784. The van der Waals surface area contributed by atoms with Crippen molar-refractivity contribution in [3.05, 3.63) is 23.3 Å². The second kappa shape index (κ2) is 10.3. The van der Waals surface area contributed by atoms with Gasteiger partial charge >= 0.3 is 0 Å². The van der Waals surface area contributed by atoms with Gasteiger partial charge in [0.1, 0.15) is 11.7 Å². The Hall–Kier alpha value is -2.34. The van der Waals surface area contributed by atoms with E-state index in [0.717, 1.165) is 57.2 Å². The maximum Gasteiger partial charge on any atom is 0.234 e. The van der Waals surface area contributed by atoms with E-state index in [2.05, 4.69) is 50.9 Å². The first-order valence-corrected chi connectivity index (χ1v) is 17.1. The number of rotatable bonds is 4. The molecule has 0 aromatic rings. The van der Waals surface area contributed by atoms with Crippen molar-refractivity contribution in [1.82, 2.24) is 10.2 Å². The van der Waals surface area contributed by atoms with E-state index in [-0.39, 0.29) is 45.7 Å². The molecule has 1 heterocycles. The van der Waals surface area contributed by atoms with Gasteiger partial charge < -0.3 is 15.2 Å². The Balaban J connectivity index is 1.34. The van der Waals surface area contributed by atoms with Crippen LogP contribution < -0.4 is 5.32 Å². The molecule has 5 aliphatic carbocycles. The van der Waals surface area contributed by atoms with Crippen LogP contribution in [0, 0.1) is 55.7 Å². The minimum atomic E-state index is -1.55. The van der Waals surface area contributed by atoms with Gasteiger partial charge in [0, 0.05) is 41.8 Å². The monoisotopic (exact) mass is 619 g/mol. The van der Waals surface area contributed by atoms with E-state index in [0.29, 0.717) is 32.7 Å². The number of fused-ring (bicyclic) bond motifs is 7. The molecule has 0 aromatic heterocycles. The third-order valence-electron chi connectivity index (χ3n) is 14.5. The van der Waals surface area contributed by atoms with Crippen LogP contribution in [0.3, 0.4) is 0 Å². The van der Waals surface area contributed by atoms with E-state index in [1.807, 2.05) is 19.9 Å². The quantitative estimate of drug-likeness (QED) is 0.465. The summed E-state index contributed by atoms with van der Waals surface area (Å²) in [5.41, 5.74) is -3.39. The molecule has 0 bridgehead atoms. The summed E-state index contributed by atoms with van der Waals surface area (Å²) in [7, 11) is 0. The van der Waals surface area contributed by atoms with E-state index in [1.54, 1.807) is 6.08 Å². The van der Waals surface area contributed by atoms with E-state index in [4.69, 9.17) is 4.74 Å². The number of nitrogens with one attached hydrogen (secondary N) is 1. The molecule has 8 heteroatoms. The van der Waals surface area contributed by atoms with Crippen LogP contribution in [0.25, 0.3) is 0 Å². The van der Waals surface area contributed by atoms with Crippen LogP contribution >= 0.6 is 0 Å². The normalized spacial score (nSPS) is 45.9. The average molecular weight is 620 g/mol. The number of Topliss-reactive ketones (excluding diaryl/α,β-unsaturated/α-hetero) is 1. The number of carbonyl (C=O) groups excluding carboxylic acids is 3. The van der Waals surface area contributed by atoms with Gasteiger partial charge in [-0.3, -0.25) is 19.3 Å². The van der Waals surface area contributed by atoms with Crippen LogP contribution in [0.4, 0.5) is 0 Å². The molecule has 246 valence electrons. The first-order valence-electron chi connectivity index (χ1n) is 17.1.